The summed E-state index contributed by atoms with van der Waals surface area (Å²) in [5.74, 6) is 0. The zero-order valence-electron chi connectivity index (χ0n) is 9.90. The number of hydrogen-bond donors (Lipinski definition) is 8. The lowest BCUT2D eigenvalue weighted by atomic mass is 10.0. The summed E-state index contributed by atoms with van der Waals surface area (Å²) in [6.07, 6.45) is -5.65. The Balaban J connectivity index is 0. The number of aliphatic hydroxyl groups is 6. The molecule has 0 aliphatic heterocycles. The second-order valence-electron chi connectivity index (χ2n) is 3.37. The second kappa shape index (κ2) is 12.1. The van der Waals surface area contributed by atoms with E-state index in [1.165, 1.54) is 0 Å². The van der Waals surface area contributed by atoms with E-state index in [-0.39, 0.29) is 13.2 Å². The van der Waals surface area contributed by atoms with Crippen molar-refractivity contribution < 1.29 is 30.6 Å². The van der Waals surface area contributed by atoms with Gasteiger partial charge in [-0.1, -0.05) is 0 Å². The maximum Gasteiger partial charge on any atom is 0.111 e. The zero-order chi connectivity index (χ0) is 13.8. The van der Waals surface area contributed by atoms with E-state index < -0.39 is 31.0 Å². The van der Waals surface area contributed by atoms with Crippen LogP contribution in [0.1, 0.15) is 0 Å². The van der Waals surface area contributed by atoms with E-state index in [4.69, 9.17) is 31.3 Å². The number of nitrogens with one attached hydrogen (secondary N) is 1. The quantitative estimate of drug-likeness (QED) is 0.226. The molecule has 8 heteroatoms. The van der Waals surface area contributed by atoms with E-state index in [0.29, 0.717) is 6.54 Å². The molecular weight excluding hydrogens is 232 g/mol. The van der Waals surface area contributed by atoms with Crippen molar-refractivity contribution in [3.05, 3.63) is 0 Å². The molecule has 8 nitrogen and oxygen atoms in total. The van der Waals surface area contributed by atoms with Crippen LogP contribution in [0, 0.1) is 0 Å². The molecule has 0 fully saturated rings. The molecule has 0 bridgehead atoms. The topological polar surface area (TPSA) is 159 Å². The van der Waals surface area contributed by atoms with Gasteiger partial charge in [0, 0.05) is 13.1 Å². The van der Waals surface area contributed by atoms with E-state index in [1.54, 1.807) is 7.05 Å². The fraction of sp³-hybridized carbons (Fsp3) is 1.00. The Morgan fingerprint density at radius 3 is 1.71 bits per heavy atom. The van der Waals surface area contributed by atoms with E-state index in [1.807, 2.05) is 0 Å². The van der Waals surface area contributed by atoms with Crippen molar-refractivity contribution in [2.24, 2.45) is 5.73 Å². The van der Waals surface area contributed by atoms with Gasteiger partial charge in [0.2, 0.25) is 0 Å². The van der Waals surface area contributed by atoms with Crippen molar-refractivity contribution in [2.45, 2.75) is 24.4 Å². The van der Waals surface area contributed by atoms with Crippen LogP contribution in [0.25, 0.3) is 0 Å². The van der Waals surface area contributed by atoms with Gasteiger partial charge in [0.15, 0.2) is 0 Å². The lowest BCUT2D eigenvalue weighted by molar-refractivity contribution is -0.113. The fourth-order valence-corrected chi connectivity index (χ4v) is 0.893. The third-order valence-electron chi connectivity index (χ3n) is 1.87. The number of hydrogen-bond acceptors (Lipinski definition) is 8. The van der Waals surface area contributed by atoms with Crippen LogP contribution in [0.3, 0.4) is 0 Å². The van der Waals surface area contributed by atoms with Gasteiger partial charge in [-0.15, -0.1) is 0 Å². The van der Waals surface area contributed by atoms with Crippen LogP contribution in [0.15, 0.2) is 0 Å². The monoisotopic (exact) mass is 256 g/mol. The largest absolute Gasteiger partial charge is 0.395 e. The maximum atomic E-state index is 9.21. The van der Waals surface area contributed by atoms with Crippen LogP contribution in [0.4, 0.5) is 0 Å². The van der Waals surface area contributed by atoms with Crippen LogP contribution < -0.4 is 11.1 Å². The molecule has 17 heavy (non-hydrogen) atoms. The molecule has 0 heterocycles. The minimum atomic E-state index is -1.55. The van der Waals surface area contributed by atoms with Gasteiger partial charge < -0.3 is 41.7 Å². The fourth-order valence-electron chi connectivity index (χ4n) is 0.893. The zero-order valence-corrected chi connectivity index (χ0v) is 9.90. The highest BCUT2D eigenvalue weighted by atomic mass is 16.4. The van der Waals surface area contributed by atoms with Crippen LogP contribution in [0.2, 0.25) is 0 Å². The van der Waals surface area contributed by atoms with Gasteiger partial charge in [0.1, 0.15) is 18.3 Å². The van der Waals surface area contributed by atoms with Crippen LogP contribution in [0.5, 0.6) is 0 Å². The Labute approximate surface area is 100 Å². The molecule has 0 aliphatic rings. The third kappa shape index (κ3) is 9.39. The van der Waals surface area contributed by atoms with E-state index in [2.05, 4.69) is 5.32 Å². The molecular formula is C9H24N2O6. The Morgan fingerprint density at radius 2 is 1.41 bits per heavy atom. The molecule has 106 valence electrons. The average Bonchev–Trinajstić information content (AvgIpc) is 2.36. The Kier molecular flexibility index (Phi) is 13.6. The minimum absolute atomic E-state index is 0.0936. The van der Waals surface area contributed by atoms with Gasteiger partial charge in [0.25, 0.3) is 0 Å². The standard InChI is InChI=1S/C7H17NO5.C2H7NO/c1-8-2-4(10)6(12)7(13)5(11)3-9;3-1-2-4/h4-13H,2-3H2,1H3;4H,1-3H2. The van der Waals surface area contributed by atoms with Crippen LogP contribution in [-0.4, -0.2) is 88.4 Å². The predicted octanol–water partition coefficient (Wildman–Crippen LogP) is -4.42. The van der Waals surface area contributed by atoms with E-state index >= 15 is 0 Å². The highest BCUT2D eigenvalue weighted by Gasteiger charge is 2.29. The van der Waals surface area contributed by atoms with Crippen LogP contribution >= 0.6 is 0 Å². The summed E-state index contributed by atoms with van der Waals surface area (Å²) in [4.78, 5) is 0. The van der Waals surface area contributed by atoms with Crippen molar-refractivity contribution >= 4 is 0 Å². The molecule has 0 rings (SSSR count). The lowest BCUT2D eigenvalue weighted by Gasteiger charge is -2.25. The molecule has 4 unspecified atom stereocenters. The highest BCUT2D eigenvalue weighted by molar-refractivity contribution is 4.81. The second-order valence-corrected chi connectivity index (χ2v) is 3.37. The first-order chi connectivity index (χ1) is 7.95. The Hall–Kier alpha value is -0.320. The summed E-state index contributed by atoms with van der Waals surface area (Å²) in [7, 11) is 1.57. The van der Waals surface area contributed by atoms with Crippen molar-refractivity contribution in [2.75, 3.05) is 33.4 Å². The SMILES string of the molecule is CNCC(O)C(O)C(O)C(O)CO.NCCO. The number of rotatable bonds is 7. The molecule has 9 N–H and O–H groups in total. The first kappa shape index (κ1) is 19.0. The van der Waals surface area contributed by atoms with Gasteiger partial charge in [-0.25, -0.2) is 0 Å². The minimum Gasteiger partial charge on any atom is -0.395 e. The average molecular weight is 256 g/mol. The van der Waals surface area contributed by atoms with Gasteiger partial charge in [-0.3, -0.25) is 0 Å². The first-order valence-corrected chi connectivity index (χ1v) is 5.24. The number of nitrogens with two attached hydrogens (primary N) is 1. The third-order valence-corrected chi connectivity index (χ3v) is 1.87. The van der Waals surface area contributed by atoms with Crippen molar-refractivity contribution in [1.82, 2.24) is 5.32 Å². The summed E-state index contributed by atoms with van der Waals surface area (Å²) in [6.45, 7) is -0.0964. The number of likely N-dealkylation sites (N-methyl/N-ethyl adjacent to an activating group) is 1. The van der Waals surface area contributed by atoms with Crippen molar-refractivity contribution in [3.63, 3.8) is 0 Å². The molecule has 0 aromatic rings. The van der Waals surface area contributed by atoms with Crippen LogP contribution in [-0.2, 0) is 0 Å². The first-order valence-electron chi connectivity index (χ1n) is 5.24. The summed E-state index contributed by atoms with van der Waals surface area (Å²) in [6, 6.07) is 0. The molecule has 4 atom stereocenters. The van der Waals surface area contributed by atoms with E-state index in [0.717, 1.165) is 0 Å². The number of aliphatic hydroxyl groups excluding tert-OH is 6. The molecule has 0 aromatic heterocycles. The predicted molar refractivity (Wildman–Crippen MR) is 61.2 cm³/mol. The molecule has 0 spiro atoms. The summed E-state index contributed by atoms with van der Waals surface area (Å²) >= 11 is 0. The summed E-state index contributed by atoms with van der Waals surface area (Å²) < 4.78 is 0. The van der Waals surface area contributed by atoms with Crippen molar-refractivity contribution in [1.29, 1.82) is 0 Å². The molecule has 0 amide bonds. The highest BCUT2D eigenvalue weighted by Crippen LogP contribution is 2.04. The van der Waals surface area contributed by atoms with E-state index in [9.17, 15) is 5.11 Å². The van der Waals surface area contributed by atoms with Gasteiger partial charge in [0.05, 0.1) is 19.3 Å². The van der Waals surface area contributed by atoms with Crippen molar-refractivity contribution in [3.8, 4) is 0 Å². The lowest BCUT2D eigenvalue weighted by Crippen LogP contribution is -2.48. The Bertz CT molecular complexity index is 160. The molecule has 0 saturated carbocycles. The normalized spacial score (nSPS) is 17.6. The molecule has 0 aromatic carbocycles. The van der Waals surface area contributed by atoms with Gasteiger partial charge >= 0.3 is 0 Å². The summed E-state index contributed by atoms with van der Waals surface area (Å²) in [5.41, 5.74) is 4.78. The molecule has 0 saturated heterocycles. The molecule has 0 radical (unpaired) electrons. The smallest absolute Gasteiger partial charge is 0.111 e. The Morgan fingerprint density at radius 1 is 1.00 bits per heavy atom. The maximum absolute atomic E-state index is 9.21. The van der Waals surface area contributed by atoms with Gasteiger partial charge in [-0.2, -0.15) is 0 Å². The summed E-state index contributed by atoms with van der Waals surface area (Å²) in [5, 5.41) is 55.2. The molecule has 0 aliphatic carbocycles. The van der Waals surface area contributed by atoms with Gasteiger partial charge in [-0.05, 0) is 7.05 Å².